The molecule has 9 nitrogen and oxygen atoms in total. The largest absolute Gasteiger partial charge is 0.497 e. The van der Waals surface area contributed by atoms with Crippen LogP contribution in [0.1, 0.15) is 31.2 Å². The van der Waals surface area contributed by atoms with E-state index in [-0.39, 0.29) is 30.1 Å². The van der Waals surface area contributed by atoms with Crippen molar-refractivity contribution in [3.8, 4) is 17.2 Å². The van der Waals surface area contributed by atoms with E-state index < -0.39 is 0 Å². The highest BCUT2D eigenvalue weighted by Gasteiger charge is 2.34. The van der Waals surface area contributed by atoms with Gasteiger partial charge in [-0.1, -0.05) is 12.1 Å². The Morgan fingerprint density at radius 1 is 1.24 bits per heavy atom. The molecule has 1 aliphatic carbocycles. The van der Waals surface area contributed by atoms with Gasteiger partial charge in [0.15, 0.2) is 5.76 Å². The van der Waals surface area contributed by atoms with E-state index in [1.165, 1.54) is 4.68 Å². The molecule has 1 saturated carbocycles. The summed E-state index contributed by atoms with van der Waals surface area (Å²) in [5, 5.41) is 7.41. The molecule has 2 aromatic heterocycles. The highest BCUT2D eigenvalue weighted by Crippen LogP contribution is 2.29. The average Bonchev–Trinajstić information content (AvgIpc) is 3.58. The fourth-order valence-electron chi connectivity index (χ4n) is 4.08. The van der Waals surface area contributed by atoms with Gasteiger partial charge in [-0.2, -0.15) is 14.8 Å². The van der Waals surface area contributed by atoms with E-state index in [0.717, 1.165) is 36.3 Å². The first kappa shape index (κ1) is 20.9. The number of furan rings is 1. The molecule has 1 aromatic carbocycles. The zero-order chi connectivity index (χ0) is 22.8. The van der Waals surface area contributed by atoms with E-state index in [9.17, 15) is 9.59 Å². The summed E-state index contributed by atoms with van der Waals surface area (Å²) in [7, 11) is 1.62. The van der Waals surface area contributed by atoms with Crippen LogP contribution in [-0.4, -0.2) is 40.4 Å². The van der Waals surface area contributed by atoms with Crippen LogP contribution in [0.4, 0.5) is 5.82 Å². The summed E-state index contributed by atoms with van der Waals surface area (Å²) in [6.45, 7) is 0. The molecular formula is C24H23N5O4. The molecule has 3 heterocycles. The van der Waals surface area contributed by atoms with Crippen molar-refractivity contribution in [3.63, 3.8) is 0 Å². The molecule has 9 heteroatoms. The highest BCUT2D eigenvalue weighted by molar-refractivity contribution is 6.17. The lowest BCUT2D eigenvalue weighted by molar-refractivity contribution is -0.119. The minimum absolute atomic E-state index is 0.163. The number of amides is 2. The first-order valence-electron chi connectivity index (χ1n) is 10.9. The SMILES string of the molecule is COc1ccc(CCC(=O)Nc2cc(-c3ccco3)nn2C2=NC(=O)C3CCCC3=N2)cc1. The van der Waals surface area contributed by atoms with Crippen molar-refractivity contribution in [2.24, 2.45) is 15.9 Å². The lowest BCUT2D eigenvalue weighted by Gasteiger charge is -2.15. The topological polar surface area (TPSA) is 111 Å². The third-order valence-corrected chi connectivity index (χ3v) is 5.82. The molecule has 1 N–H and O–H groups in total. The van der Waals surface area contributed by atoms with Crippen LogP contribution in [0.25, 0.3) is 11.5 Å². The van der Waals surface area contributed by atoms with Crippen molar-refractivity contribution in [1.82, 2.24) is 9.78 Å². The standard InChI is InChI=1S/C24H23N5O4/c1-32-16-10-7-15(8-11-16)9-12-22(30)26-21-14-19(20-6-3-13-33-20)28-29(21)24-25-18-5-2-4-17(18)23(31)27-24/h3,6-8,10-11,13-14,17H,2,4-5,9,12H2,1H3,(H,26,30). The van der Waals surface area contributed by atoms with Crippen LogP contribution in [0.2, 0.25) is 0 Å². The number of carbonyl (C=O) groups is 2. The average molecular weight is 445 g/mol. The summed E-state index contributed by atoms with van der Waals surface area (Å²) in [5.41, 5.74) is 2.36. The Balaban J connectivity index is 1.38. The second kappa shape index (κ2) is 8.85. The quantitative estimate of drug-likeness (QED) is 0.622. The molecule has 2 amide bonds. The monoisotopic (exact) mass is 445 g/mol. The maximum atomic E-state index is 12.7. The van der Waals surface area contributed by atoms with Crippen LogP contribution in [0.5, 0.6) is 5.75 Å². The van der Waals surface area contributed by atoms with Gasteiger partial charge in [0.05, 0.1) is 19.3 Å². The Hall–Kier alpha value is -4.01. The normalized spacial score (nSPS) is 17.4. The number of ether oxygens (including phenoxy) is 1. The van der Waals surface area contributed by atoms with Gasteiger partial charge in [0.2, 0.25) is 5.91 Å². The lowest BCUT2D eigenvalue weighted by Crippen LogP contribution is -2.29. The molecule has 33 heavy (non-hydrogen) atoms. The van der Waals surface area contributed by atoms with Crippen molar-refractivity contribution in [3.05, 3.63) is 54.3 Å². The third-order valence-electron chi connectivity index (χ3n) is 5.82. The Bertz CT molecular complexity index is 1240. The molecule has 1 fully saturated rings. The van der Waals surface area contributed by atoms with Gasteiger partial charge in [0.1, 0.15) is 17.3 Å². The van der Waals surface area contributed by atoms with E-state index in [0.29, 0.717) is 23.7 Å². The number of benzene rings is 1. The van der Waals surface area contributed by atoms with E-state index in [1.807, 2.05) is 24.3 Å². The molecule has 5 rings (SSSR count). The number of aliphatic imine (C=N–C) groups is 2. The van der Waals surface area contributed by atoms with Gasteiger partial charge in [-0.25, -0.2) is 4.99 Å². The summed E-state index contributed by atoms with van der Waals surface area (Å²) in [5.74, 6) is 1.23. The molecular weight excluding hydrogens is 422 g/mol. The van der Waals surface area contributed by atoms with Gasteiger partial charge in [0, 0.05) is 18.2 Å². The molecule has 1 aliphatic heterocycles. The van der Waals surface area contributed by atoms with Crippen molar-refractivity contribution in [2.75, 3.05) is 12.4 Å². The molecule has 0 spiro atoms. The lowest BCUT2D eigenvalue weighted by atomic mass is 10.1. The summed E-state index contributed by atoms with van der Waals surface area (Å²) >= 11 is 0. The van der Waals surface area contributed by atoms with E-state index in [4.69, 9.17) is 9.15 Å². The second-order valence-corrected chi connectivity index (χ2v) is 8.00. The molecule has 1 unspecified atom stereocenters. The molecule has 0 saturated heterocycles. The zero-order valence-electron chi connectivity index (χ0n) is 18.2. The Kier molecular flexibility index (Phi) is 5.60. The number of nitrogens with one attached hydrogen (secondary N) is 1. The maximum Gasteiger partial charge on any atom is 0.257 e. The van der Waals surface area contributed by atoms with Crippen LogP contribution in [0.15, 0.2) is 63.1 Å². The van der Waals surface area contributed by atoms with Crippen molar-refractivity contribution in [2.45, 2.75) is 32.1 Å². The predicted octanol–water partition coefficient (Wildman–Crippen LogP) is 3.71. The minimum atomic E-state index is -0.226. The van der Waals surface area contributed by atoms with E-state index >= 15 is 0 Å². The smallest absolute Gasteiger partial charge is 0.257 e. The number of anilines is 1. The van der Waals surface area contributed by atoms with Crippen molar-refractivity contribution < 1.29 is 18.7 Å². The molecule has 0 bridgehead atoms. The maximum absolute atomic E-state index is 12.7. The molecule has 0 radical (unpaired) electrons. The van der Waals surface area contributed by atoms with Crippen LogP contribution in [-0.2, 0) is 16.0 Å². The third kappa shape index (κ3) is 4.34. The van der Waals surface area contributed by atoms with Gasteiger partial charge >= 0.3 is 0 Å². The number of fused-ring (bicyclic) bond motifs is 1. The van der Waals surface area contributed by atoms with Crippen LogP contribution < -0.4 is 10.1 Å². The van der Waals surface area contributed by atoms with Gasteiger partial charge in [-0.3, -0.25) is 9.59 Å². The number of carbonyl (C=O) groups excluding carboxylic acids is 2. The minimum Gasteiger partial charge on any atom is -0.497 e. The second-order valence-electron chi connectivity index (χ2n) is 8.00. The first-order valence-corrected chi connectivity index (χ1v) is 10.9. The first-order chi connectivity index (χ1) is 16.1. The highest BCUT2D eigenvalue weighted by atomic mass is 16.5. The Morgan fingerprint density at radius 3 is 2.85 bits per heavy atom. The van der Waals surface area contributed by atoms with Crippen LogP contribution in [0.3, 0.4) is 0 Å². The van der Waals surface area contributed by atoms with E-state index in [2.05, 4.69) is 20.4 Å². The van der Waals surface area contributed by atoms with Crippen LogP contribution >= 0.6 is 0 Å². The van der Waals surface area contributed by atoms with E-state index in [1.54, 1.807) is 31.6 Å². The fraction of sp³-hybridized carbons (Fsp3) is 0.292. The number of methoxy groups -OCH3 is 1. The number of hydrogen-bond acceptors (Lipinski definition) is 6. The van der Waals surface area contributed by atoms with Gasteiger partial charge in [-0.15, -0.1) is 0 Å². The summed E-state index contributed by atoms with van der Waals surface area (Å²) in [6.07, 6.45) is 4.86. The van der Waals surface area contributed by atoms with Crippen molar-refractivity contribution in [1.29, 1.82) is 0 Å². The van der Waals surface area contributed by atoms with Crippen molar-refractivity contribution >= 4 is 29.3 Å². The predicted molar refractivity (Wildman–Crippen MR) is 122 cm³/mol. The fourth-order valence-corrected chi connectivity index (χ4v) is 4.08. The Labute approximate surface area is 190 Å². The molecule has 2 aliphatic rings. The Morgan fingerprint density at radius 2 is 2.09 bits per heavy atom. The van der Waals surface area contributed by atoms with Gasteiger partial charge in [-0.05, 0) is 55.5 Å². The van der Waals surface area contributed by atoms with Gasteiger partial charge in [0.25, 0.3) is 11.9 Å². The summed E-state index contributed by atoms with van der Waals surface area (Å²) in [6, 6.07) is 12.8. The summed E-state index contributed by atoms with van der Waals surface area (Å²) in [4.78, 5) is 34.0. The zero-order valence-corrected chi connectivity index (χ0v) is 18.2. The number of aromatic nitrogens is 2. The number of hydrogen-bond donors (Lipinski definition) is 1. The molecule has 3 aromatic rings. The molecule has 1 atom stereocenters. The number of aryl methyl sites for hydroxylation is 1. The van der Waals surface area contributed by atoms with Crippen LogP contribution in [0, 0.1) is 5.92 Å². The van der Waals surface area contributed by atoms with Gasteiger partial charge < -0.3 is 14.5 Å². The number of nitrogens with zero attached hydrogens (tertiary/aromatic N) is 4. The summed E-state index contributed by atoms with van der Waals surface area (Å²) < 4.78 is 12.0. The number of rotatable bonds is 6. The molecule has 168 valence electrons.